The average molecular weight is 328 g/mol. The highest BCUT2D eigenvalue weighted by molar-refractivity contribution is 5.79. The minimum absolute atomic E-state index is 0.479. The third-order valence-corrected chi connectivity index (χ3v) is 4.09. The predicted octanol–water partition coefficient (Wildman–Crippen LogP) is 2.76. The molecule has 0 spiro atoms. The molecule has 6 heteroatoms. The summed E-state index contributed by atoms with van der Waals surface area (Å²) in [5, 5.41) is 14.9. The molecule has 0 atom stereocenters. The number of guanidine groups is 1. The van der Waals surface area contributed by atoms with Gasteiger partial charge in [0.2, 0.25) is 0 Å². The molecule has 6 nitrogen and oxygen atoms in total. The summed E-state index contributed by atoms with van der Waals surface area (Å²) in [5.41, 5.74) is 1.04. The lowest BCUT2D eigenvalue weighted by molar-refractivity contribution is 0.481. The molecule has 0 amide bonds. The van der Waals surface area contributed by atoms with Crippen molar-refractivity contribution in [3.63, 3.8) is 0 Å². The number of aromatic nitrogens is 3. The zero-order valence-electron chi connectivity index (χ0n) is 14.9. The van der Waals surface area contributed by atoms with Crippen molar-refractivity contribution in [3.8, 4) is 5.69 Å². The first-order chi connectivity index (χ1) is 11.8. The lowest BCUT2D eigenvalue weighted by Gasteiger charge is -2.16. The molecule has 0 aliphatic carbocycles. The van der Waals surface area contributed by atoms with Gasteiger partial charge in [0.15, 0.2) is 11.8 Å². The summed E-state index contributed by atoms with van der Waals surface area (Å²) in [7, 11) is 0. The number of rotatable bonds is 8. The van der Waals surface area contributed by atoms with Crippen molar-refractivity contribution in [3.05, 3.63) is 42.5 Å². The van der Waals surface area contributed by atoms with Gasteiger partial charge in [0.05, 0.1) is 0 Å². The highest BCUT2D eigenvalue weighted by Gasteiger charge is 2.08. The van der Waals surface area contributed by atoms with Crippen LogP contribution in [0.5, 0.6) is 0 Å². The van der Waals surface area contributed by atoms with Crippen LogP contribution in [0.2, 0.25) is 0 Å². The molecule has 0 fully saturated rings. The van der Waals surface area contributed by atoms with Crippen LogP contribution in [0.15, 0.2) is 41.7 Å². The summed E-state index contributed by atoms with van der Waals surface area (Å²) in [5.74, 6) is 2.31. The number of nitrogens with zero attached hydrogens (tertiary/aromatic N) is 4. The van der Waals surface area contributed by atoms with E-state index in [1.54, 1.807) is 6.33 Å². The van der Waals surface area contributed by atoms with E-state index in [9.17, 15) is 0 Å². The van der Waals surface area contributed by atoms with Crippen LogP contribution in [-0.2, 0) is 6.54 Å². The van der Waals surface area contributed by atoms with E-state index in [2.05, 4.69) is 46.6 Å². The van der Waals surface area contributed by atoms with Crippen molar-refractivity contribution in [2.24, 2.45) is 10.9 Å². The van der Waals surface area contributed by atoms with E-state index in [4.69, 9.17) is 0 Å². The summed E-state index contributed by atoms with van der Waals surface area (Å²) < 4.78 is 1.97. The van der Waals surface area contributed by atoms with Gasteiger partial charge in [-0.1, -0.05) is 44.9 Å². The van der Waals surface area contributed by atoms with Gasteiger partial charge in [0, 0.05) is 18.8 Å². The number of para-hydroxylation sites is 1. The van der Waals surface area contributed by atoms with E-state index < -0.39 is 0 Å². The second kappa shape index (κ2) is 9.70. The maximum atomic E-state index is 4.65. The molecule has 0 radical (unpaired) electrons. The maximum absolute atomic E-state index is 4.65. The maximum Gasteiger partial charge on any atom is 0.191 e. The first-order valence-corrected chi connectivity index (χ1v) is 8.74. The summed E-state index contributed by atoms with van der Waals surface area (Å²) in [4.78, 5) is 4.65. The Labute approximate surface area is 144 Å². The Morgan fingerprint density at radius 2 is 1.88 bits per heavy atom. The first kappa shape index (κ1) is 18.0. The normalized spacial score (nSPS) is 11.8. The second-order valence-corrected chi connectivity index (χ2v) is 5.71. The minimum atomic E-state index is 0.479. The van der Waals surface area contributed by atoms with Crippen molar-refractivity contribution >= 4 is 5.96 Å². The Morgan fingerprint density at radius 1 is 1.12 bits per heavy atom. The number of nitrogens with one attached hydrogen (secondary N) is 2. The van der Waals surface area contributed by atoms with E-state index in [0.29, 0.717) is 12.5 Å². The molecule has 0 aliphatic rings. The molecule has 0 bridgehead atoms. The Bertz CT molecular complexity index is 615. The van der Waals surface area contributed by atoms with Crippen LogP contribution in [0.25, 0.3) is 5.69 Å². The molecule has 0 unspecified atom stereocenters. The zero-order valence-corrected chi connectivity index (χ0v) is 14.9. The number of hydrogen-bond donors (Lipinski definition) is 2. The van der Waals surface area contributed by atoms with Gasteiger partial charge in [-0.2, -0.15) is 0 Å². The Hall–Kier alpha value is -2.37. The van der Waals surface area contributed by atoms with Gasteiger partial charge in [-0.05, 0) is 25.0 Å². The fourth-order valence-electron chi connectivity index (χ4n) is 2.48. The van der Waals surface area contributed by atoms with E-state index in [-0.39, 0.29) is 0 Å². The van der Waals surface area contributed by atoms with E-state index in [1.807, 2.05) is 34.9 Å². The lowest BCUT2D eigenvalue weighted by Crippen LogP contribution is -2.39. The molecule has 0 saturated heterocycles. The van der Waals surface area contributed by atoms with Gasteiger partial charge >= 0.3 is 0 Å². The topological polar surface area (TPSA) is 67.1 Å². The molecule has 0 saturated carbocycles. The fourth-order valence-corrected chi connectivity index (χ4v) is 2.48. The Kier molecular flexibility index (Phi) is 7.26. The number of hydrogen-bond acceptors (Lipinski definition) is 3. The van der Waals surface area contributed by atoms with Crippen molar-refractivity contribution in [2.45, 2.75) is 40.2 Å². The van der Waals surface area contributed by atoms with Crippen LogP contribution in [0.3, 0.4) is 0 Å². The average Bonchev–Trinajstić information content (AvgIpc) is 3.09. The van der Waals surface area contributed by atoms with Gasteiger partial charge in [-0.3, -0.25) is 4.57 Å². The van der Waals surface area contributed by atoms with Crippen LogP contribution in [0.1, 0.15) is 39.4 Å². The van der Waals surface area contributed by atoms with Gasteiger partial charge < -0.3 is 10.6 Å². The molecule has 2 N–H and O–H groups in total. The molecule has 2 aromatic rings. The van der Waals surface area contributed by atoms with E-state index >= 15 is 0 Å². The quantitative estimate of drug-likeness (QED) is 0.577. The van der Waals surface area contributed by atoms with Crippen LogP contribution >= 0.6 is 0 Å². The van der Waals surface area contributed by atoms with Gasteiger partial charge in [-0.25, -0.2) is 4.99 Å². The van der Waals surface area contributed by atoms with Gasteiger partial charge in [-0.15, -0.1) is 10.2 Å². The van der Waals surface area contributed by atoms with Crippen molar-refractivity contribution in [1.82, 2.24) is 25.4 Å². The summed E-state index contributed by atoms with van der Waals surface area (Å²) >= 11 is 0. The van der Waals surface area contributed by atoms with E-state index in [1.165, 1.54) is 12.8 Å². The predicted molar refractivity (Wildman–Crippen MR) is 98.2 cm³/mol. The lowest BCUT2D eigenvalue weighted by atomic mass is 10.0. The van der Waals surface area contributed by atoms with Crippen molar-refractivity contribution in [1.29, 1.82) is 0 Å². The molecule has 1 aromatic heterocycles. The third-order valence-electron chi connectivity index (χ3n) is 4.09. The van der Waals surface area contributed by atoms with Crippen LogP contribution in [-0.4, -0.2) is 33.8 Å². The van der Waals surface area contributed by atoms with Crippen molar-refractivity contribution < 1.29 is 0 Å². The highest BCUT2D eigenvalue weighted by atomic mass is 15.3. The SMILES string of the molecule is CCNC(=NCc1nncn1-c1ccccc1)NCC(CC)CC. The van der Waals surface area contributed by atoms with Gasteiger partial charge in [0.1, 0.15) is 12.9 Å². The molecule has 1 aromatic carbocycles. The smallest absolute Gasteiger partial charge is 0.191 e. The van der Waals surface area contributed by atoms with Crippen molar-refractivity contribution in [2.75, 3.05) is 13.1 Å². The zero-order chi connectivity index (χ0) is 17.2. The fraction of sp³-hybridized carbons (Fsp3) is 0.500. The number of aliphatic imine (C=N–C) groups is 1. The van der Waals surface area contributed by atoms with Crippen LogP contribution in [0.4, 0.5) is 0 Å². The third kappa shape index (κ3) is 5.08. The Balaban J connectivity index is 2.05. The molecule has 1 heterocycles. The minimum Gasteiger partial charge on any atom is -0.357 e. The van der Waals surface area contributed by atoms with Gasteiger partial charge in [0.25, 0.3) is 0 Å². The van der Waals surface area contributed by atoms with Crippen LogP contribution in [0, 0.1) is 5.92 Å². The molecule has 130 valence electrons. The standard InChI is InChI=1S/C18H28N6/c1-4-15(5-2)12-20-18(19-6-3)21-13-17-23-22-14-24(17)16-10-8-7-9-11-16/h7-11,14-15H,4-6,12-13H2,1-3H3,(H2,19,20,21). The summed E-state index contributed by atoms with van der Waals surface area (Å²) in [6.45, 7) is 8.77. The number of benzene rings is 1. The summed E-state index contributed by atoms with van der Waals surface area (Å²) in [6, 6.07) is 10.1. The molecule has 24 heavy (non-hydrogen) atoms. The first-order valence-electron chi connectivity index (χ1n) is 8.74. The molecule has 2 rings (SSSR count). The molecule has 0 aliphatic heterocycles. The largest absolute Gasteiger partial charge is 0.357 e. The highest BCUT2D eigenvalue weighted by Crippen LogP contribution is 2.09. The molecular formula is C18H28N6. The second-order valence-electron chi connectivity index (χ2n) is 5.71. The Morgan fingerprint density at radius 3 is 2.54 bits per heavy atom. The summed E-state index contributed by atoms with van der Waals surface area (Å²) in [6.07, 6.45) is 4.07. The molecular weight excluding hydrogens is 300 g/mol. The van der Waals surface area contributed by atoms with Crippen LogP contribution < -0.4 is 10.6 Å². The van der Waals surface area contributed by atoms with E-state index in [0.717, 1.165) is 30.6 Å². The monoisotopic (exact) mass is 328 g/mol.